The zero-order valence-corrected chi connectivity index (χ0v) is 15.0. The van der Waals surface area contributed by atoms with Crippen LogP contribution in [0.25, 0.3) is 0 Å². The van der Waals surface area contributed by atoms with Crippen LogP contribution in [0.1, 0.15) is 37.3 Å². The average Bonchev–Trinajstić information content (AvgIpc) is 3.44. The predicted molar refractivity (Wildman–Crippen MR) is 98.1 cm³/mol. The lowest BCUT2D eigenvalue weighted by atomic mass is 10.1. The van der Waals surface area contributed by atoms with Crippen molar-refractivity contribution in [2.24, 2.45) is 10.9 Å². The van der Waals surface area contributed by atoms with Crippen LogP contribution >= 0.6 is 0 Å². The average molecular weight is 333 g/mol. The molecule has 0 atom stereocenters. The quantitative estimate of drug-likeness (QED) is 0.371. The van der Waals surface area contributed by atoms with Crippen molar-refractivity contribution in [2.75, 3.05) is 33.4 Å². The number of benzene rings is 1. The summed E-state index contributed by atoms with van der Waals surface area (Å²) in [6.07, 6.45) is 3.70. The van der Waals surface area contributed by atoms with E-state index >= 15 is 0 Å². The van der Waals surface area contributed by atoms with Crippen LogP contribution in [0.5, 0.6) is 0 Å². The van der Waals surface area contributed by atoms with Gasteiger partial charge in [0.1, 0.15) is 0 Å². The van der Waals surface area contributed by atoms with Gasteiger partial charge >= 0.3 is 0 Å². The first kappa shape index (κ1) is 18.7. The lowest BCUT2D eigenvalue weighted by molar-refractivity contribution is 0.123. The summed E-state index contributed by atoms with van der Waals surface area (Å²) in [5, 5.41) is 6.66. The number of hydrogen-bond donors (Lipinski definition) is 2. The van der Waals surface area contributed by atoms with E-state index in [1.54, 1.807) is 7.05 Å². The highest BCUT2D eigenvalue weighted by Crippen LogP contribution is 2.28. The summed E-state index contributed by atoms with van der Waals surface area (Å²) in [6.45, 7) is 6.82. The minimum Gasteiger partial charge on any atom is -0.381 e. The van der Waals surface area contributed by atoms with E-state index in [-0.39, 0.29) is 0 Å². The van der Waals surface area contributed by atoms with Gasteiger partial charge in [0, 0.05) is 40.0 Å². The number of aliphatic imine (C=N–C) groups is 1. The molecule has 0 radical (unpaired) electrons. The Labute approximate surface area is 145 Å². The van der Waals surface area contributed by atoms with Crippen molar-refractivity contribution in [3.8, 4) is 0 Å². The number of ether oxygens (including phenoxy) is 2. The zero-order valence-electron chi connectivity index (χ0n) is 15.0. The molecule has 134 valence electrons. The van der Waals surface area contributed by atoms with Gasteiger partial charge in [-0.3, -0.25) is 4.99 Å². The van der Waals surface area contributed by atoms with Crippen molar-refractivity contribution in [3.05, 3.63) is 35.4 Å². The minimum atomic E-state index is 0.677. The van der Waals surface area contributed by atoms with E-state index in [4.69, 9.17) is 9.47 Å². The van der Waals surface area contributed by atoms with Crippen LogP contribution in [-0.2, 0) is 22.6 Å². The normalized spacial score (nSPS) is 14.7. The van der Waals surface area contributed by atoms with Crippen molar-refractivity contribution in [2.45, 2.75) is 39.3 Å². The Bertz CT molecular complexity index is 484. The first-order chi connectivity index (χ1) is 11.8. The molecule has 1 aliphatic rings. The molecular weight excluding hydrogens is 302 g/mol. The highest BCUT2D eigenvalue weighted by molar-refractivity contribution is 5.79. The van der Waals surface area contributed by atoms with Crippen LogP contribution in [-0.4, -0.2) is 39.4 Å². The van der Waals surface area contributed by atoms with Crippen LogP contribution in [0.15, 0.2) is 29.3 Å². The Morgan fingerprint density at radius 2 is 1.88 bits per heavy atom. The standard InChI is InChI=1S/C19H31N3O2/c1-3-23-14-17-7-5-16(6-8-17)13-22-19(20-2)21-11-4-12-24-15-18-9-10-18/h5-8,18H,3-4,9-15H2,1-2H3,(H2,20,21,22). The summed E-state index contributed by atoms with van der Waals surface area (Å²) >= 11 is 0. The molecule has 24 heavy (non-hydrogen) atoms. The molecule has 0 unspecified atom stereocenters. The number of nitrogens with one attached hydrogen (secondary N) is 2. The molecule has 1 fully saturated rings. The van der Waals surface area contributed by atoms with Crippen LogP contribution in [0, 0.1) is 5.92 Å². The first-order valence-electron chi connectivity index (χ1n) is 8.99. The number of hydrogen-bond acceptors (Lipinski definition) is 3. The molecule has 1 aromatic carbocycles. The van der Waals surface area contributed by atoms with Gasteiger partial charge in [0.2, 0.25) is 0 Å². The van der Waals surface area contributed by atoms with Gasteiger partial charge in [-0.25, -0.2) is 0 Å². The molecule has 5 nitrogen and oxygen atoms in total. The van der Waals surface area contributed by atoms with Crippen molar-refractivity contribution < 1.29 is 9.47 Å². The van der Waals surface area contributed by atoms with Gasteiger partial charge in [0.05, 0.1) is 6.61 Å². The fourth-order valence-corrected chi connectivity index (χ4v) is 2.30. The van der Waals surface area contributed by atoms with Crippen molar-refractivity contribution >= 4 is 5.96 Å². The Morgan fingerprint density at radius 3 is 2.54 bits per heavy atom. The fourth-order valence-electron chi connectivity index (χ4n) is 2.30. The molecule has 0 saturated heterocycles. The fraction of sp³-hybridized carbons (Fsp3) is 0.632. The second-order valence-electron chi connectivity index (χ2n) is 6.18. The van der Waals surface area contributed by atoms with Gasteiger partial charge in [0.15, 0.2) is 5.96 Å². The lowest BCUT2D eigenvalue weighted by Gasteiger charge is -2.12. The summed E-state index contributed by atoms with van der Waals surface area (Å²) < 4.78 is 11.0. The van der Waals surface area contributed by atoms with E-state index in [1.165, 1.54) is 24.0 Å². The number of nitrogens with zero attached hydrogens (tertiary/aromatic N) is 1. The Kier molecular flexibility index (Phi) is 8.63. The molecule has 0 amide bonds. The SMILES string of the molecule is CCOCc1ccc(CNC(=NC)NCCCOCC2CC2)cc1. The van der Waals surface area contributed by atoms with Gasteiger partial charge in [-0.2, -0.15) is 0 Å². The zero-order chi connectivity index (χ0) is 17.0. The van der Waals surface area contributed by atoms with Crippen LogP contribution in [0.4, 0.5) is 0 Å². The summed E-state index contributed by atoms with van der Waals surface area (Å²) in [6, 6.07) is 8.47. The van der Waals surface area contributed by atoms with E-state index in [0.717, 1.165) is 51.2 Å². The molecule has 5 heteroatoms. The molecule has 0 aromatic heterocycles. The summed E-state index contributed by atoms with van der Waals surface area (Å²) in [5.74, 6) is 1.67. The maximum Gasteiger partial charge on any atom is 0.191 e. The molecule has 0 heterocycles. The van der Waals surface area contributed by atoms with Gasteiger partial charge in [-0.05, 0) is 43.2 Å². The molecule has 0 aliphatic heterocycles. The Morgan fingerprint density at radius 1 is 1.12 bits per heavy atom. The third kappa shape index (κ3) is 7.79. The molecular formula is C19H31N3O2. The summed E-state index contributed by atoms with van der Waals surface area (Å²) in [4.78, 5) is 4.25. The lowest BCUT2D eigenvalue weighted by Crippen LogP contribution is -2.37. The van der Waals surface area contributed by atoms with E-state index < -0.39 is 0 Å². The first-order valence-corrected chi connectivity index (χ1v) is 8.99. The number of rotatable bonds is 11. The maximum absolute atomic E-state index is 5.63. The van der Waals surface area contributed by atoms with Crippen LogP contribution < -0.4 is 10.6 Å². The van der Waals surface area contributed by atoms with Crippen molar-refractivity contribution in [1.82, 2.24) is 10.6 Å². The second kappa shape index (κ2) is 11.0. The molecule has 1 saturated carbocycles. The third-order valence-electron chi connectivity index (χ3n) is 3.99. The molecule has 0 spiro atoms. The molecule has 1 aliphatic carbocycles. The van der Waals surface area contributed by atoms with E-state index in [9.17, 15) is 0 Å². The monoisotopic (exact) mass is 333 g/mol. The Balaban J connectivity index is 1.58. The van der Waals surface area contributed by atoms with Crippen LogP contribution in [0.3, 0.4) is 0 Å². The summed E-state index contributed by atoms with van der Waals surface area (Å²) in [7, 11) is 1.80. The molecule has 2 rings (SSSR count). The largest absolute Gasteiger partial charge is 0.381 e. The highest BCUT2D eigenvalue weighted by Gasteiger charge is 2.20. The molecule has 0 bridgehead atoms. The van der Waals surface area contributed by atoms with Gasteiger partial charge in [-0.15, -0.1) is 0 Å². The predicted octanol–water partition coefficient (Wildman–Crippen LogP) is 2.70. The summed E-state index contributed by atoms with van der Waals surface area (Å²) in [5.41, 5.74) is 2.43. The smallest absolute Gasteiger partial charge is 0.191 e. The van der Waals surface area contributed by atoms with Gasteiger partial charge in [0.25, 0.3) is 0 Å². The highest BCUT2D eigenvalue weighted by atomic mass is 16.5. The molecule has 2 N–H and O–H groups in total. The van der Waals surface area contributed by atoms with E-state index in [1.807, 2.05) is 6.92 Å². The second-order valence-corrected chi connectivity index (χ2v) is 6.18. The van der Waals surface area contributed by atoms with E-state index in [2.05, 4.69) is 39.9 Å². The minimum absolute atomic E-state index is 0.677. The Hall–Kier alpha value is -1.59. The van der Waals surface area contributed by atoms with Crippen molar-refractivity contribution in [1.29, 1.82) is 0 Å². The molecule has 1 aromatic rings. The van der Waals surface area contributed by atoms with E-state index in [0.29, 0.717) is 6.61 Å². The third-order valence-corrected chi connectivity index (χ3v) is 3.99. The van der Waals surface area contributed by atoms with Crippen molar-refractivity contribution in [3.63, 3.8) is 0 Å². The topological polar surface area (TPSA) is 54.9 Å². The van der Waals surface area contributed by atoms with Gasteiger partial charge in [-0.1, -0.05) is 24.3 Å². The number of guanidine groups is 1. The van der Waals surface area contributed by atoms with Gasteiger partial charge < -0.3 is 20.1 Å². The van der Waals surface area contributed by atoms with Crippen LogP contribution in [0.2, 0.25) is 0 Å². The maximum atomic E-state index is 5.63.